The highest BCUT2D eigenvalue weighted by molar-refractivity contribution is 9.10. The van der Waals surface area contributed by atoms with Gasteiger partial charge in [-0.15, -0.1) is 0 Å². The number of benzene rings is 3. The van der Waals surface area contributed by atoms with Gasteiger partial charge in [0.1, 0.15) is 6.61 Å². The van der Waals surface area contributed by atoms with Gasteiger partial charge in [0.25, 0.3) is 0 Å². The number of carbonyl (C=O) groups is 1. The highest BCUT2D eigenvalue weighted by Gasteiger charge is 2.12. The molecule has 0 atom stereocenters. The zero-order valence-electron chi connectivity index (χ0n) is 18.8. The molecule has 3 aromatic carbocycles. The van der Waals surface area contributed by atoms with Gasteiger partial charge in [0.2, 0.25) is 5.91 Å². The number of hydrogen-bond acceptors (Lipinski definition) is 4. The van der Waals surface area contributed by atoms with Gasteiger partial charge in [-0.2, -0.15) is 5.10 Å². The van der Waals surface area contributed by atoms with Crippen LogP contribution in [0.5, 0.6) is 11.5 Å². The average molecular weight is 530 g/mol. The molecular weight excluding hydrogens is 504 g/mol. The van der Waals surface area contributed by atoms with Crippen LogP contribution in [0.4, 0.5) is 0 Å². The molecule has 0 saturated carbocycles. The monoisotopic (exact) mass is 528 g/mol. The molecule has 0 spiro atoms. The predicted octanol–water partition coefficient (Wildman–Crippen LogP) is 6.39. The topological polar surface area (TPSA) is 59.9 Å². The summed E-state index contributed by atoms with van der Waals surface area (Å²) in [6, 6.07) is 17.2. The first kappa shape index (κ1) is 24.8. The Morgan fingerprint density at radius 2 is 1.76 bits per heavy atom. The van der Waals surface area contributed by atoms with E-state index in [1.54, 1.807) is 6.21 Å². The van der Waals surface area contributed by atoms with Crippen LogP contribution < -0.4 is 14.9 Å². The van der Waals surface area contributed by atoms with Crippen LogP contribution in [0.25, 0.3) is 0 Å². The van der Waals surface area contributed by atoms with E-state index in [-0.39, 0.29) is 12.3 Å². The highest BCUT2D eigenvalue weighted by Crippen LogP contribution is 2.37. The molecule has 0 aliphatic heterocycles. The number of carbonyl (C=O) groups excluding carboxylic acids is 1. The molecule has 0 saturated heterocycles. The Morgan fingerprint density at radius 1 is 1.03 bits per heavy atom. The average Bonchev–Trinajstić information content (AvgIpc) is 2.77. The zero-order valence-corrected chi connectivity index (χ0v) is 21.2. The first-order valence-corrected chi connectivity index (χ1v) is 11.7. The van der Waals surface area contributed by atoms with Crippen molar-refractivity contribution >= 4 is 39.7 Å². The summed E-state index contributed by atoms with van der Waals surface area (Å²) in [5, 5.41) is 4.78. The van der Waals surface area contributed by atoms with E-state index in [0.29, 0.717) is 29.7 Å². The third kappa shape index (κ3) is 7.34. The molecule has 0 bridgehead atoms. The van der Waals surface area contributed by atoms with Gasteiger partial charge in [0.15, 0.2) is 11.5 Å². The SMILES string of the molecule is CCOc1cc(/C=N\NC(=O)Cc2ccc(C)c(C)c2)cc(Br)c1OCc1ccc(Cl)cc1. The Kier molecular flexibility index (Phi) is 8.92. The Bertz CT molecular complexity index is 1150. The lowest BCUT2D eigenvalue weighted by Gasteiger charge is -2.14. The van der Waals surface area contributed by atoms with E-state index in [4.69, 9.17) is 21.1 Å². The zero-order chi connectivity index (χ0) is 23.8. The molecule has 5 nitrogen and oxygen atoms in total. The molecule has 7 heteroatoms. The molecule has 0 radical (unpaired) electrons. The summed E-state index contributed by atoms with van der Waals surface area (Å²) in [5.41, 5.74) is 7.65. The van der Waals surface area contributed by atoms with Gasteiger partial charge in [0, 0.05) is 5.02 Å². The first-order chi connectivity index (χ1) is 15.9. The summed E-state index contributed by atoms with van der Waals surface area (Å²) in [4.78, 5) is 12.2. The highest BCUT2D eigenvalue weighted by atomic mass is 79.9. The number of amides is 1. The Labute approximate surface area is 207 Å². The van der Waals surface area contributed by atoms with E-state index in [2.05, 4.69) is 26.5 Å². The van der Waals surface area contributed by atoms with Gasteiger partial charge in [0.05, 0.1) is 23.7 Å². The van der Waals surface area contributed by atoms with Crippen molar-refractivity contribution in [2.45, 2.75) is 33.8 Å². The minimum Gasteiger partial charge on any atom is -0.490 e. The molecule has 0 unspecified atom stereocenters. The van der Waals surface area contributed by atoms with Crippen molar-refractivity contribution in [3.63, 3.8) is 0 Å². The molecule has 172 valence electrons. The third-order valence-electron chi connectivity index (χ3n) is 4.97. The number of aryl methyl sites for hydroxylation is 2. The summed E-state index contributed by atoms with van der Waals surface area (Å²) >= 11 is 9.50. The summed E-state index contributed by atoms with van der Waals surface area (Å²) in [6.45, 7) is 6.84. The van der Waals surface area contributed by atoms with Gasteiger partial charge in [-0.1, -0.05) is 41.9 Å². The summed E-state index contributed by atoms with van der Waals surface area (Å²) < 4.78 is 12.5. The molecular formula is C26H26BrClN2O3. The molecule has 0 aromatic heterocycles. The largest absolute Gasteiger partial charge is 0.490 e. The number of ether oxygens (including phenoxy) is 2. The van der Waals surface area contributed by atoms with Crippen molar-refractivity contribution in [1.29, 1.82) is 0 Å². The molecule has 1 N–H and O–H groups in total. The van der Waals surface area contributed by atoms with Gasteiger partial charge >= 0.3 is 0 Å². The Balaban J connectivity index is 1.65. The second-order valence-corrected chi connectivity index (χ2v) is 8.86. The van der Waals surface area contributed by atoms with E-state index in [1.807, 2.05) is 75.4 Å². The quantitative estimate of drug-likeness (QED) is 0.258. The first-order valence-electron chi connectivity index (χ1n) is 10.6. The van der Waals surface area contributed by atoms with E-state index < -0.39 is 0 Å². The maximum Gasteiger partial charge on any atom is 0.244 e. The standard InChI is InChI=1S/C26H26BrClN2O3/c1-4-32-24-13-21(12-23(27)26(24)33-16-19-7-9-22(28)10-8-19)15-29-30-25(31)14-20-6-5-17(2)18(3)11-20/h5-13,15H,4,14,16H2,1-3H3,(H,30,31)/b29-15-. The molecule has 1 amide bonds. The van der Waals surface area contributed by atoms with Gasteiger partial charge < -0.3 is 9.47 Å². The predicted molar refractivity (Wildman–Crippen MR) is 136 cm³/mol. The molecule has 3 aromatic rings. The van der Waals surface area contributed by atoms with E-state index in [0.717, 1.165) is 26.7 Å². The smallest absolute Gasteiger partial charge is 0.244 e. The van der Waals surface area contributed by atoms with Crippen LogP contribution in [0.3, 0.4) is 0 Å². The molecule has 3 rings (SSSR count). The van der Waals surface area contributed by atoms with E-state index in [1.165, 1.54) is 5.56 Å². The van der Waals surface area contributed by atoms with Crippen LogP contribution in [0, 0.1) is 13.8 Å². The lowest BCUT2D eigenvalue weighted by atomic mass is 10.0. The second kappa shape index (κ2) is 11.9. The van der Waals surface area contributed by atoms with E-state index >= 15 is 0 Å². The fourth-order valence-corrected chi connectivity index (χ4v) is 3.82. The van der Waals surface area contributed by atoms with Crippen molar-refractivity contribution < 1.29 is 14.3 Å². The van der Waals surface area contributed by atoms with Crippen LogP contribution in [0.15, 0.2) is 64.2 Å². The van der Waals surface area contributed by atoms with Gasteiger partial charge in [-0.05, 0) is 88.8 Å². The lowest BCUT2D eigenvalue weighted by Crippen LogP contribution is -2.19. The number of hydrazone groups is 1. The minimum atomic E-state index is -0.179. The van der Waals surface area contributed by atoms with Crippen LogP contribution >= 0.6 is 27.5 Å². The van der Waals surface area contributed by atoms with Crippen LogP contribution in [-0.4, -0.2) is 18.7 Å². The Hall–Kier alpha value is -2.83. The van der Waals surface area contributed by atoms with Crippen LogP contribution in [0.1, 0.15) is 34.7 Å². The maximum absolute atomic E-state index is 12.2. The molecule has 33 heavy (non-hydrogen) atoms. The minimum absolute atomic E-state index is 0.179. The fraction of sp³-hybridized carbons (Fsp3) is 0.231. The fourth-order valence-electron chi connectivity index (χ4n) is 3.12. The van der Waals surface area contributed by atoms with Crippen molar-refractivity contribution in [3.05, 3.63) is 91.9 Å². The lowest BCUT2D eigenvalue weighted by molar-refractivity contribution is -0.120. The number of halogens is 2. The third-order valence-corrected chi connectivity index (χ3v) is 5.81. The van der Waals surface area contributed by atoms with Crippen LogP contribution in [-0.2, 0) is 17.8 Å². The molecule has 0 fully saturated rings. The van der Waals surface area contributed by atoms with Crippen molar-refractivity contribution in [3.8, 4) is 11.5 Å². The van der Waals surface area contributed by atoms with Crippen molar-refractivity contribution in [2.75, 3.05) is 6.61 Å². The van der Waals surface area contributed by atoms with Gasteiger partial charge in [-0.3, -0.25) is 4.79 Å². The number of nitrogens with one attached hydrogen (secondary N) is 1. The molecule has 0 aliphatic carbocycles. The summed E-state index contributed by atoms with van der Waals surface area (Å²) in [7, 11) is 0. The van der Waals surface area contributed by atoms with Crippen LogP contribution in [0.2, 0.25) is 5.02 Å². The van der Waals surface area contributed by atoms with Crippen molar-refractivity contribution in [2.24, 2.45) is 5.10 Å². The molecule has 0 heterocycles. The number of rotatable bonds is 9. The maximum atomic E-state index is 12.2. The molecule has 0 aliphatic rings. The van der Waals surface area contributed by atoms with E-state index in [9.17, 15) is 4.79 Å². The van der Waals surface area contributed by atoms with Gasteiger partial charge in [-0.25, -0.2) is 5.43 Å². The number of nitrogens with zero attached hydrogens (tertiary/aromatic N) is 1. The second-order valence-electron chi connectivity index (χ2n) is 7.57. The summed E-state index contributed by atoms with van der Waals surface area (Å²) in [5.74, 6) is 1.01. The normalized spacial score (nSPS) is 10.9. The Morgan fingerprint density at radius 3 is 2.45 bits per heavy atom. The number of hydrogen-bond donors (Lipinski definition) is 1. The summed E-state index contributed by atoms with van der Waals surface area (Å²) in [6.07, 6.45) is 1.85. The van der Waals surface area contributed by atoms with Crippen molar-refractivity contribution in [1.82, 2.24) is 5.43 Å².